The zero-order valence-corrected chi connectivity index (χ0v) is 11.4. The minimum Gasteiger partial charge on any atom is -0.355 e. The summed E-state index contributed by atoms with van der Waals surface area (Å²) in [6.07, 6.45) is 4.30. The molecule has 1 aliphatic rings. The molecule has 3 N–H and O–H groups in total. The molecule has 1 amide bonds. The Bertz CT molecular complexity index is 233. The van der Waals surface area contributed by atoms with Crippen molar-refractivity contribution in [1.82, 2.24) is 10.2 Å². The van der Waals surface area contributed by atoms with E-state index in [1.54, 1.807) is 0 Å². The molecule has 3 atom stereocenters. The smallest absolute Gasteiger partial charge is 0.221 e. The molecule has 1 rings (SSSR count). The highest BCUT2D eigenvalue weighted by Crippen LogP contribution is 2.21. The number of hydrogen-bond acceptors (Lipinski definition) is 3. The number of likely N-dealkylation sites (tertiary alicyclic amines) is 1. The van der Waals surface area contributed by atoms with Gasteiger partial charge < -0.3 is 11.1 Å². The van der Waals surface area contributed by atoms with Gasteiger partial charge in [-0.3, -0.25) is 9.69 Å². The molecule has 100 valence electrons. The van der Waals surface area contributed by atoms with Crippen LogP contribution in [0.2, 0.25) is 0 Å². The Morgan fingerprint density at radius 2 is 2.00 bits per heavy atom. The summed E-state index contributed by atoms with van der Waals surface area (Å²) in [6, 6.07) is 1.23. The molecule has 0 aliphatic carbocycles. The molecule has 1 aliphatic heterocycles. The van der Waals surface area contributed by atoms with E-state index in [4.69, 9.17) is 5.73 Å². The molecule has 3 unspecified atom stereocenters. The van der Waals surface area contributed by atoms with Gasteiger partial charge in [0.2, 0.25) is 5.91 Å². The van der Waals surface area contributed by atoms with Crippen molar-refractivity contribution in [3.63, 3.8) is 0 Å². The van der Waals surface area contributed by atoms with Crippen molar-refractivity contribution in [3.05, 3.63) is 0 Å². The predicted molar refractivity (Wildman–Crippen MR) is 70.8 cm³/mol. The molecule has 17 heavy (non-hydrogen) atoms. The van der Waals surface area contributed by atoms with Crippen molar-refractivity contribution < 1.29 is 4.79 Å². The van der Waals surface area contributed by atoms with E-state index in [-0.39, 0.29) is 11.9 Å². The van der Waals surface area contributed by atoms with Crippen LogP contribution in [-0.4, -0.2) is 42.0 Å². The molecular formula is C13H27N3O. The maximum atomic E-state index is 11.4. The number of piperidine rings is 1. The number of rotatable bonds is 5. The zero-order valence-electron chi connectivity index (χ0n) is 11.4. The van der Waals surface area contributed by atoms with Gasteiger partial charge in [0.05, 0.1) is 0 Å². The van der Waals surface area contributed by atoms with Gasteiger partial charge >= 0.3 is 0 Å². The topological polar surface area (TPSA) is 58.4 Å². The van der Waals surface area contributed by atoms with Crippen LogP contribution in [0.15, 0.2) is 0 Å². The summed E-state index contributed by atoms with van der Waals surface area (Å²) in [5.74, 6) is 0.0670. The molecular weight excluding hydrogens is 214 g/mol. The first-order valence-electron chi connectivity index (χ1n) is 6.78. The largest absolute Gasteiger partial charge is 0.355 e. The SMILES string of the molecule is CC(N)CC(=O)NCCN1C(C)CCCC1C. The summed E-state index contributed by atoms with van der Waals surface area (Å²) in [5, 5.41) is 2.94. The highest BCUT2D eigenvalue weighted by Gasteiger charge is 2.23. The second kappa shape index (κ2) is 6.97. The van der Waals surface area contributed by atoms with Crippen LogP contribution in [-0.2, 0) is 4.79 Å². The third-order valence-electron chi connectivity index (χ3n) is 3.58. The van der Waals surface area contributed by atoms with Gasteiger partial charge in [0, 0.05) is 37.6 Å². The molecule has 0 aromatic carbocycles. The highest BCUT2D eigenvalue weighted by atomic mass is 16.1. The van der Waals surface area contributed by atoms with Gasteiger partial charge in [-0.25, -0.2) is 0 Å². The molecule has 0 aromatic rings. The standard InChI is InChI=1S/C13H27N3O/c1-10(14)9-13(17)15-7-8-16-11(2)5-4-6-12(16)3/h10-12H,4-9,14H2,1-3H3,(H,15,17). The number of hydrogen-bond donors (Lipinski definition) is 2. The lowest BCUT2D eigenvalue weighted by atomic mass is 9.98. The molecule has 1 fully saturated rings. The number of nitrogens with two attached hydrogens (primary N) is 1. The monoisotopic (exact) mass is 241 g/mol. The van der Waals surface area contributed by atoms with Crippen molar-refractivity contribution in [1.29, 1.82) is 0 Å². The van der Waals surface area contributed by atoms with E-state index in [0.717, 1.165) is 13.1 Å². The summed E-state index contributed by atoms with van der Waals surface area (Å²) < 4.78 is 0. The van der Waals surface area contributed by atoms with Crippen LogP contribution in [0.3, 0.4) is 0 Å². The van der Waals surface area contributed by atoms with Crippen LogP contribution in [0.1, 0.15) is 46.5 Å². The van der Waals surface area contributed by atoms with Gasteiger partial charge in [-0.1, -0.05) is 6.42 Å². The van der Waals surface area contributed by atoms with Crippen LogP contribution in [0.5, 0.6) is 0 Å². The van der Waals surface area contributed by atoms with Gasteiger partial charge in [0.15, 0.2) is 0 Å². The lowest BCUT2D eigenvalue weighted by molar-refractivity contribution is -0.121. The molecule has 0 spiro atoms. The Kier molecular flexibility index (Phi) is 5.92. The van der Waals surface area contributed by atoms with Crippen molar-refractivity contribution in [2.75, 3.05) is 13.1 Å². The fourth-order valence-electron chi connectivity index (χ4n) is 2.60. The van der Waals surface area contributed by atoms with E-state index in [1.165, 1.54) is 19.3 Å². The Labute approximate surface area is 105 Å². The van der Waals surface area contributed by atoms with E-state index in [9.17, 15) is 4.79 Å². The summed E-state index contributed by atoms with van der Waals surface area (Å²) in [5.41, 5.74) is 5.58. The van der Waals surface area contributed by atoms with Gasteiger partial charge in [-0.15, -0.1) is 0 Å². The van der Waals surface area contributed by atoms with Gasteiger partial charge in [-0.05, 0) is 33.6 Å². The Morgan fingerprint density at radius 1 is 1.41 bits per heavy atom. The normalized spacial score (nSPS) is 27.8. The molecule has 0 radical (unpaired) electrons. The van der Waals surface area contributed by atoms with Gasteiger partial charge in [0.25, 0.3) is 0 Å². The summed E-state index contributed by atoms with van der Waals surface area (Å²) in [7, 11) is 0. The average molecular weight is 241 g/mol. The molecule has 1 saturated heterocycles. The van der Waals surface area contributed by atoms with Crippen molar-refractivity contribution in [2.45, 2.75) is 64.6 Å². The van der Waals surface area contributed by atoms with Crippen LogP contribution in [0.25, 0.3) is 0 Å². The van der Waals surface area contributed by atoms with Gasteiger partial charge in [-0.2, -0.15) is 0 Å². The number of carbonyl (C=O) groups is 1. The van der Waals surface area contributed by atoms with Crippen molar-refractivity contribution in [3.8, 4) is 0 Å². The number of nitrogens with zero attached hydrogens (tertiary/aromatic N) is 1. The lowest BCUT2D eigenvalue weighted by Crippen LogP contribution is -2.47. The van der Waals surface area contributed by atoms with Crippen LogP contribution in [0.4, 0.5) is 0 Å². The van der Waals surface area contributed by atoms with Crippen LogP contribution >= 0.6 is 0 Å². The number of nitrogens with one attached hydrogen (secondary N) is 1. The molecule has 0 saturated carbocycles. The van der Waals surface area contributed by atoms with Crippen LogP contribution < -0.4 is 11.1 Å². The Balaban J connectivity index is 2.22. The average Bonchev–Trinajstić information content (AvgIpc) is 2.21. The van der Waals surface area contributed by atoms with E-state index in [2.05, 4.69) is 24.1 Å². The molecule has 1 heterocycles. The molecule has 0 aromatic heterocycles. The second-order valence-electron chi connectivity index (χ2n) is 5.40. The van der Waals surface area contributed by atoms with Gasteiger partial charge in [0.1, 0.15) is 0 Å². The second-order valence-corrected chi connectivity index (χ2v) is 5.40. The molecule has 0 bridgehead atoms. The fourth-order valence-corrected chi connectivity index (χ4v) is 2.60. The number of carbonyl (C=O) groups excluding carboxylic acids is 1. The third kappa shape index (κ3) is 5.04. The van der Waals surface area contributed by atoms with E-state index in [1.807, 2.05) is 6.92 Å². The van der Waals surface area contributed by atoms with E-state index >= 15 is 0 Å². The lowest BCUT2D eigenvalue weighted by Gasteiger charge is -2.39. The third-order valence-corrected chi connectivity index (χ3v) is 3.58. The first-order valence-corrected chi connectivity index (χ1v) is 6.78. The minimum absolute atomic E-state index is 0.0529. The summed E-state index contributed by atoms with van der Waals surface area (Å²) in [6.45, 7) is 8.10. The maximum Gasteiger partial charge on any atom is 0.221 e. The Hall–Kier alpha value is -0.610. The van der Waals surface area contributed by atoms with Crippen LogP contribution in [0, 0.1) is 0 Å². The molecule has 4 heteroatoms. The first-order chi connectivity index (χ1) is 8.00. The van der Waals surface area contributed by atoms with E-state index < -0.39 is 0 Å². The molecule has 4 nitrogen and oxygen atoms in total. The summed E-state index contributed by atoms with van der Waals surface area (Å²) in [4.78, 5) is 13.9. The zero-order chi connectivity index (χ0) is 12.8. The Morgan fingerprint density at radius 3 is 2.53 bits per heavy atom. The van der Waals surface area contributed by atoms with E-state index in [0.29, 0.717) is 18.5 Å². The van der Waals surface area contributed by atoms with Crippen molar-refractivity contribution in [2.24, 2.45) is 5.73 Å². The first kappa shape index (κ1) is 14.5. The highest BCUT2D eigenvalue weighted by molar-refractivity contribution is 5.76. The fraction of sp³-hybridized carbons (Fsp3) is 0.923. The van der Waals surface area contributed by atoms with Crippen molar-refractivity contribution >= 4 is 5.91 Å². The quantitative estimate of drug-likeness (QED) is 0.758. The maximum absolute atomic E-state index is 11.4. The number of amides is 1. The summed E-state index contributed by atoms with van der Waals surface area (Å²) >= 11 is 0. The minimum atomic E-state index is -0.0529. The predicted octanol–water partition coefficient (Wildman–Crippen LogP) is 1.10.